The molecule has 3 N–H and O–H groups in total. The second-order valence-corrected chi connectivity index (χ2v) is 7.29. The van der Waals surface area contributed by atoms with E-state index in [2.05, 4.69) is 9.98 Å². The van der Waals surface area contributed by atoms with Gasteiger partial charge in [0.2, 0.25) is 0 Å². The molecule has 23 heavy (non-hydrogen) atoms. The first kappa shape index (κ1) is 16.2. The Morgan fingerprint density at radius 2 is 2.17 bits per heavy atom. The van der Waals surface area contributed by atoms with Crippen LogP contribution in [0.1, 0.15) is 23.4 Å². The third-order valence-electron chi connectivity index (χ3n) is 3.56. The van der Waals surface area contributed by atoms with Gasteiger partial charge in [0.15, 0.2) is 6.04 Å². The second kappa shape index (κ2) is 6.86. The number of carboxylic acid groups (broad SMARTS) is 1. The number of benzene rings is 1. The molecular weight excluding hydrogens is 336 g/mol. The van der Waals surface area contributed by atoms with Crippen LogP contribution in [-0.2, 0) is 11.2 Å². The summed E-state index contributed by atoms with van der Waals surface area (Å²) in [6.07, 6.45) is 2.19. The molecular formula is C15H16N2O4S2. The second-order valence-electron chi connectivity index (χ2n) is 5.25. The van der Waals surface area contributed by atoms with Gasteiger partial charge in [-0.05, 0) is 37.0 Å². The first-order valence-corrected chi connectivity index (χ1v) is 9.05. The Bertz CT molecular complexity index is 772. The molecule has 0 amide bonds. The van der Waals surface area contributed by atoms with E-state index in [9.17, 15) is 9.90 Å². The molecule has 6 nitrogen and oxygen atoms in total. The predicted molar refractivity (Wildman–Crippen MR) is 91.7 cm³/mol. The molecule has 3 rings (SSSR count). The molecule has 0 fully saturated rings. The number of phenolic OH excluding ortho intramolecular Hbond substituents is 1. The zero-order valence-corrected chi connectivity index (χ0v) is 13.9. The quantitative estimate of drug-likeness (QED) is 0.689. The van der Waals surface area contributed by atoms with Crippen LogP contribution in [-0.4, -0.2) is 49.7 Å². The molecule has 1 unspecified atom stereocenters. The number of aliphatic carboxylic acids is 1. The standard InChI is InChI=1S/C15H16N2O4S2/c18-4-2-1-3-8-5-9-12(6-11(8)19)23-14(16-9)13-17-10(7-22-13)15(20)21/h5-6,10,18-19H,1-4,7H2,(H,20,21). The van der Waals surface area contributed by atoms with Crippen LogP contribution in [0.25, 0.3) is 10.2 Å². The fraction of sp³-hybridized carbons (Fsp3) is 0.400. The van der Waals surface area contributed by atoms with E-state index in [1.54, 1.807) is 6.07 Å². The van der Waals surface area contributed by atoms with E-state index in [1.807, 2.05) is 6.07 Å². The molecule has 0 radical (unpaired) electrons. The van der Waals surface area contributed by atoms with Crippen molar-refractivity contribution in [2.75, 3.05) is 12.4 Å². The summed E-state index contributed by atoms with van der Waals surface area (Å²) in [5, 5.41) is 29.3. The molecule has 1 aromatic carbocycles. The lowest BCUT2D eigenvalue weighted by molar-refractivity contribution is -0.137. The summed E-state index contributed by atoms with van der Waals surface area (Å²) < 4.78 is 0.852. The van der Waals surface area contributed by atoms with Crippen LogP contribution < -0.4 is 0 Å². The van der Waals surface area contributed by atoms with E-state index >= 15 is 0 Å². The van der Waals surface area contributed by atoms with Gasteiger partial charge in [-0.2, -0.15) is 0 Å². The number of fused-ring (bicyclic) bond motifs is 1. The van der Waals surface area contributed by atoms with Crippen LogP contribution in [0.15, 0.2) is 17.1 Å². The molecule has 8 heteroatoms. The summed E-state index contributed by atoms with van der Waals surface area (Å²) in [4.78, 5) is 19.7. The lowest BCUT2D eigenvalue weighted by atomic mass is 10.1. The minimum atomic E-state index is -0.919. The maximum atomic E-state index is 11.0. The van der Waals surface area contributed by atoms with Crippen LogP contribution in [0.4, 0.5) is 0 Å². The third-order valence-corrected chi connectivity index (χ3v) is 5.77. The van der Waals surface area contributed by atoms with Gasteiger partial charge in [0, 0.05) is 12.4 Å². The summed E-state index contributed by atoms with van der Waals surface area (Å²) in [7, 11) is 0. The number of aliphatic imine (C=N–C) groups is 1. The van der Waals surface area contributed by atoms with Gasteiger partial charge in [0.1, 0.15) is 15.8 Å². The van der Waals surface area contributed by atoms with E-state index in [1.165, 1.54) is 23.1 Å². The predicted octanol–water partition coefficient (Wildman–Crippen LogP) is 2.26. The van der Waals surface area contributed by atoms with Crippen molar-refractivity contribution >= 4 is 44.3 Å². The molecule has 0 saturated carbocycles. The molecule has 2 heterocycles. The van der Waals surface area contributed by atoms with Gasteiger partial charge in [0.25, 0.3) is 0 Å². The van der Waals surface area contributed by atoms with E-state index in [4.69, 9.17) is 10.2 Å². The van der Waals surface area contributed by atoms with Gasteiger partial charge < -0.3 is 15.3 Å². The van der Waals surface area contributed by atoms with Crippen molar-refractivity contribution in [3.8, 4) is 5.75 Å². The Balaban J connectivity index is 1.87. The van der Waals surface area contributed by atoms with Crippen LogP contribution in [0.5, 0.6) is 5.75 Å². The van der Waals surface area contributed by atoms with Crippen molar-refractivity contribution < 1.29 is 20.1 Å². The Labute approximate surface area is 140 Å². The Kier molecular flexibility index (Phi) is 4.84. The fourth-order valence-corrected chi connectivity index (χ4v) is 4.42. The third kappa shape index (κ3) is 3.49. The molecule has 122 valence electrons. The van der Waals surface area contributed by atoms with Gasteiger partial charge in [-0.3, -0.25) is 4.99 Å². The average Bonchev–Trinajstić information content (AvgIpc) is 3.13. The normalized spacial score (nSPS) is 17.6. The number of hydrogen-bond donors (Lipinski definition) is 3. The van der Waals surface area contributed by atoms with E-state index in [0.717, 1.165) is 22.2 Å². The summed E-state index contributed by atoms with van der Waals surface area (Å²) >= 11 is 2.80. The molecule has 1 aromatic heterocycles. The number of aryl methyl sites for hydroxylation is 1. The minimum absolute atomic E-state index is 0.144. The molecule has 0 saturated heterocycles. The number of aromatic nitrogens is 1. The number of nitrogens with zero attached hydrogens (tertiary/aromatic N) is 2. The number of aliphatic hydroxyl groups excluding tert-OH is 1. The lowest BCUT2D eigenvalue weighted by Gasteiger charge is -2.03. The number of rotatable bonds is 6. The highest BCUT2D eigenvalue weighted by Gasteiger charge is 2.27. The van der Waals surface area contributed by atoms with Gasteiger partial charge >= 0.3 is 5.97 Å². The highest BCUT2D eigenvalue weighted by molar-refractivity contribution is 8.15. The zero-order chi connectivity index (χ0) is 16.4. The smallest absolute Gasteiger partial charge is 0.329 e. The molecule has 1 aliphatic heterocycles. The number of aliphatic hydroxyl groups is 1. The summed E-state index contributed by atoms with van der Waals surface area (Å²) in [6.45, 7) is 0.144. The summed E-state index contributed by atoms with van der Waals surface area (Å²) in [5.74, 6) is -0.259. The number of unbranched alkanes of at least 4 members (excludes halogenated alkanes) is 1. The maximum absolute atomic E-state index is 11.0. The van der Waals surface area contributed by atoms with Crippen molar-refractivity contribution in [1.29, 1.82) is 0 Å². The lowest BCUT2D eigenvalue weighted by Crippen LogP contribution is -2.17. The zero-order valence-electron chi connectivity index (χ0n) is 12.2. The Hall–Kier alpha value is -1.64. The van der Waals surface area contributed by atoms with Crippen LogP contribution in [0.2, 0.25) is 0 Å². The molecule has 0 aliphatic carbocycles. The van der Waals surface area contributed by atoms with Crippen molar-refractivity contribution in [2.24, 2.45) is 4.99 Å². The SMILES string of the molecule is O=C(O)C1CSC(c2nc3cc(CCCCO)c(O)cc3s2)=N1. The fourth-order valence-electron chi connectivity index (χ4n) is 2.34. The largest absolute Gasteiger partial charge is 0.508 e. The topological polar surface area (TPSA) is 103 Å². The number of carbonyl (C=O) groups is 1. The van der Waals surface area contributed by atoms with Gasteiger partial charge in [0.05, 0.1) is 10.2 Å². The summed E-state index contributed by atoms with van der Waals surface area (Å²) in [6, 6.07) is 2.85. The highest BCUT2D eigenvalue weighted by Crippen LogP contribution is 2.33. The minimum Gasteiger partial charge on any atom is -0.508 e. The maximum Gasteiger partial charge on any atom is 0.329 e. The van der Waals surface area contributed by atoms with Crippen LogP contribution in [0.3, 0.4) is 0 Å². The number of phenols is 1. The first-order valence-electron chi connectivity index (χ1n) is 7.25. The Morgan fingerprint density at radius 3 is 2.87 bits per heavy atom. The molecule has 2 aromatic rings. The van der Waals surface area contributed by atoms with E-state index < -0.39 is 12.0 Å². The van der Waals surface area contributed by atoms with Crippen molar-refractivity contribution in [1.82, 2.24) is 4.98 Å². The number of thiazole rings is 1. The number of thioether (sulfide) groups is 1. The first-order chi connectivity index (χ1) is 11.1. The Morgan fingerprint density at radius 1 is 1.35 bits per heavy atom. The molecule has 1 atom stereocenters. The van der Waals surface area contributed by atoms with E-state index in [0.29, 0.717) is 28.6 Å². The number of aromatic hydroxyl groups is 1. The molecule has 0 bridgehead atoms. The van der Waals surface area contributed by atoms with E-state index in [-0.39, 0.29) is 12.4 Å². The molecule has 1 aliphatic rings. The monoisotopic (exact) mass is 352 g/mol. The van der Waals surface area contributed by atoms with Crippen LogP contribution >= 0.6 is 23.1 Å². The van der Waals surface area contributed by atoms with Crippen LogP contribution in [0, 0.1) is 0 Å². The number of carboxylic acids is 1. The summed E-state index contributed by atoms with van der Waals surface area (Å²) in [5.41, 5.74) is 1.59. The highest BCUT2D eigenvalue weighted by atomic mass is 32.2. The van der Waals surface area contributed by atoms with Gasteiger partial charge in [-0.15, -0.1) is 23.1 Å². The van der Waals surface area contributed by atoms with Gasteiger partial charge in [-0.1, -0.05) is 0 Å². The average molecular weight is 352 g/mol. The van der Waals surface area contributed by atoms with Crippen molar-refractivity contribution in [3.05, 3.63) is 22.7 Å². The molecule has 0 spiro atoms. The number of hydrogen-bond acceptors (Lipinski definition) is 7. The van der Waals surface area contributed by atoms with Gasteiger partial charge in [-0.25, -0.2) is 9.78 Å². The van der Waals surface area contributed by atoms with Crippen molar-refractivity contribution in [3.63, 3.8) is 0 Å². The van der Waals surface area contributed by atoms with Crippen molar-refractivity contribution in [2.45, 2.75) is 25.3 Å².